The number of pyridine rings is 1. The number of rotatable bonds is 4. The number of aromatic nitrogens is 1. The maximum Gasteiger partial charge on any atom is 0.323 e. The molecule has 3 rings (SSSR count). The van der Waals surface area contributed by atoms with Gasteiger partial charge in [0.2, 0.25) is 0 Å². The zero-order valence-corrected chi connectivity index (χ0v) is 14.4. The molecule has 6 nitrogen and oxygen atoms in total. The summed E-state index contributed by atoms with van der Waals surface area (Å²) < 4.78 is 11.4. The smallest absolute Gasteiger partial charge is 0.323 e. The third kappa shape index (κ3) is 4.70. The summed E-state index contributed by atoms with van der Waals surface area (Å²) in [7, 11) is 0. The zero-order valence-electron chi connectivity index (χ0n) is 14.4. The van der Waals surface area contributed by atoms with Crippen molar-refractivity contribution >= 4 is 11.8 Å². The number of hydrogen-bond acceptors (Lipinski definition) is 4. The van der Waals surface area contributed by atoms with Gasteiger partial charge in [-0.15, -0.1) is 0 Å². The quantitative estimate of drug-likeness (QED) is 0.925. The van der Waals surface area contributed by atoms with Crippen molar-refractivity contribution in [3.63, 3.8) is 0 Å². The summed E-state index contributed by atoms with van der Waals surface area (Å²) in [4.78, 5) is 18.5. The lowest BCUT2D eigenvalue weighted by molar-refractivity contribution is 0.144. The van der Waals surface area contributed by atoms with E-state index in [-0.39, 0.29) is 12.1 Å². The Bertz CT molecular complexity index is 685. The first-order valence-electron chi connectivity index (χ1n) is 8.54. The first kappa shape index (κ1) is 17.2. The van der Waals surface area contributed by atoms with Crippen LogP contribution in [0.4, 0.5) is 10.6 Å². The fourth-order valence-electron chi connectivity index (χ4n) is 2.69. The number of carbonyl (C=O) groups excluding carboxylic acids is 1. The van der Waals surface area contributed by atoms with Crippen molar-refractivity contribution in [2.45, 2.75) is 19.4 Å². The lowest BCUT2D eigenvalue weighted by Crippen LogP contribution is -2.37. The van der Waals surface area contributed by atoms with Crippen LogP contribution < -0.4 is 10.1 Å². The average Bonchev–Trinajstić information content (AvgIpc) is 2.93. The Labute approximate surface area is 147 Å². The van der Waals surface area contributed by atoms with E-state index in [0.29, 0.717) is 37.9 Å². The van der Waals surface area contributed by atoms with Gasteiger partial charge in [0.15, 0.2) is 11.6 Å². The predicted molar refractivity (Wildman–Crippen MR) is 95.7 cm³/mol. The Morgan fingerprint density at radius 2 is 2.04 bits per heavy atom. The first-order valence-corrected chi connectivity index (χ1v) is 8.54. The van der Waals surface area contributed by atoms with Crippen LogP contribution in [0.1, 0.15) is 25.0 Å². The molecule has 2 amide bonds. The molecule has 1 aromatic heterocycles. The van der Waals surface area contributed by atoms with E-state index in [1.54, 1.807) is 17.2 Å². The lowest BCUT2D eigenvalue weighted by Gasteiger charge is -2.21. The highest BCUT2D eigenvalue weighted by atomic mass is 16.5. The molecule has 6 heteroatoms. The molecule has 1 saturated heterocycles. The number of benzene rings is 1. The fraction of sp³-hybridized carbons (Fsp3) is 0.368. The van der Waals surface area contributed by atoms with Crippen molar-refractivity contribution in [2.75, 3.05) is 31.6 Å². The molecule has 25 heavy (non-hydrogen) atoms. The second-order valence-corrected chi connectivity index (χ2v) is 5.90. The van der Waals surface area contributed by atoms with Gasteiger partial charge in [0.05, 0.1) is 6.61 Å². The summed E-state index contributed by atoms with van der Waals surface area (Å²) in [6.07, 6.45) is 2.33. The highest BCUT2D eigenvalue weighted by Gasteiger charge is 2.18. The minimum absolute atomic E-state index is 0.146. The van der Waals surface area contributed by atoms with Crippen molar-refractivity contribution in [3.8, 4) is 5.75 Å². The van der Waals surface area contributed by atoms with Crippen LogP contribution in [0.2, 0.25) is 0 Å². The highest BCUT2D eigenvalue weighted by Crippen LogP contribution is 2.27. The molecule has 1 aliphatic heterocycles. The van der Waals surface area contributed by atoms with Gasteiger partial charge >= 0.3 is 6.03 Å². The van der Waals surface area contributed by atoms with Crippen molar-refractivity contribution in [3.05, 3.63) is 54.2 Å². The molecular formula is C19H23N3O3. The van der Waals surface area contributed by atoms with E-state index in [1.807, 2.05) is 43.3 Å². The third-order valence-corrected chi connectivity index (χ3v) is 4.08. The van der Waals surface area contributed by atoms with Gasteiger partial charge in [0, 0.05) is 25.9 Å². The largest absolute Gasteiger partial charge is 0.482 e. The SMILES string of the molecule is C[C@H](Oc1cccnc1NC(=O)N1CCCOCC1)c1ccccc1. The summed E-state index contributed by atoms with van der Waals surface area (Å²) >= 11 is 0. The number of ether oxygens (including phenoxy) is 2. The molecular weight excluding hydrogens is 318 g/mol. The minimum Gasteiger partial charge on any atom is -0.482 e. The van der Waals surface area contributed by atoms with Gasteiger partial charge in [-0.2, -0.15) is 0 Å². The molecule has 0 bridgehead atoms. The number of amides is 2. The molecule has 1 N–H and O–H groups in total. The molecule has 0 saturated carbocycles. The molecule has 0 radical (unpaired) electrons. The van der Waals surface area contributed by atoms with Gasteiger partial charge in [0.1, 0.15) is 6.10 Å². The maximum absolute atomic E-state index is 12.5. The van der Waals surface area contributed by atoms with Crippen molar-refractivity contribution in [2.24, 2.45) is 0 Å². The second-order valence-electron chi connectivity index (χ2n) is 5.90. The Hall–Kier alpha value is -2.60. The number of nitrogens with one attached hydrogen (secondary N) is 1. The minimum atomic E-state index is -0.179. The van der Waals surface area contributed by atoms with Gasteiger partial charge < -0.3 is 14.4 Å². The van der Waals surface area contributed by atoms with Crippen LogP contribution >= 0.6 is 0 Å². The maximum atomic E-state index is 12.5. The molecule has 1 aromatic carbocycles. The first-order chi connectivity index (χ1) is 12.2. The number of anilines is 1. The normalized spacial score (nSPS) is 16.0. The van der Waals surface area contributed by atoms with Gasteiger partial charge in [-0.05, 0) is 31.0 Å². The van der Waals surface area contributed by atoms with E-state index in [9.17, 15) is 4.79 Å². The Morgan fingerprint density at radius 1 is 1.20 bits per heavy atom. The van der Waals surface area contributed by atoms with E-state index in [1.165, 1.54) is 0 Å². The molecule has 2 heterocycles. The Morgan fingerprint density at radius 3 is 2.88 bits per heavy atom. The molecule has 0 unspecified atom stereocenters. The topological polar surface area (TPSA) is 63.7 Å². The zero-order chi connectivity index (χ0) is 17.5. The van der Waals surface area contributed by atoms with Gasteiger partial charge in [-0.3, -0.25) is 5.32 Å². The molecule has 1 fully saturated rings. The molecule has 1 atom stereocenters. The molecule has 132 valence electrons. The highest BCUT2D eigenvalue weighted by molar-refractivity contribution is 5.89. The number of nitrogens with zero attached hydrogens (tertiary/aromatic N) is 2. The van der Waals surface area contributed by atoms with Gasteiger partial charge in [-0.25, -0.2) is 9.78 Å². The monoisotopic (exact) mass is 341 g/mol. The van der Waals surface area contributed by atoms with Gasteiger partial charge in [-0.1, -0.05) is 30.3 Å². The van der Waals surface area contributed by atoms with Crippen molar-refractivity contribution in [1.29, 1.82) is 0 Å². The Kier molecular flexibility index (Phi) is 5.85. The van der Waals surface area contributed by atoms with Crippen LogP contribution in [0, 0.1) is 0 Å². The second kappa shape index (κ2) is 8.48. The predicted octanol–water partition coefficient (Wildman–Crippen LogP) is 3.48. The number of urea groups is 1. The number of hydrogen-bond donors (Lipinski definition) is 1. The summed E-state index contributed by atoms with van der Waals surface area (Å²) in [6, 6.07) is 13.4. The van der Waals surface area contributed by atoms with Crippen molar-refractivity contribution < 1.29 is 14.3 Å². The summed E-state index contributed by atoms with van der Waals surface area (Å²) in [5, 5.41) is 2.86. The van der Waals surface area contributed by atoms with E-state index in [4.69, 9.17) is 9.47 Å². The summed E-state index contributed by atoms with van der Waals surface area (Å²) in [5.41, 5.74) is 1.06. The summed E-state index contributed by atoms with van der Waals surface area (Å²) in [6.45, 7) is 4.48. The molecule has 2 aromatic rings. The lowest BCUT2D eigenvalue weighted by atomic mass is 10.1. The van der Waals surface area contributed by atoms with E-state index < -0.39 is 0 Å². The number of carbonyl (C=O) groups is 1. The average molecular weight is 341 g/mol. The molecule has 0 aliphatic carbocycles. The fourth-order valence-corrected chi connectivity index (χ4v) is 2.69. The van der Waals surface area contributed by atoms with Crippen LogP contribution in [-0.2, 0) is 4.74 Å². The van der Waals surface area contributed by atoms with Gasteiger partial charge in [0.25, 0.3) is 0 Å². The van der Waals surface area contributed by atoms with Crippen LogP contribution in [0.3, 0.4) is 0 Å². The summed E-state index contributed by atoms with van der Waals surface area (Å²) in [5.74, 6) is 0.985. The Balaban J connectivity index is 1.69. The van der Waals surface area contributed by atoms with Crippen molar-refractivity contribution in [1.82, 2.24) is 9.88 Å². The van der Waals surface area contributed by atoms with E-state index >= 15 is 0 Å². The molecule has 1 aliphatic rings. The molecule has 0 spiro atoms. The van der Waals surface area contributed by atoms with E-state index in [0.717, 1.165) is 12.0 Å². The van der Waals surface area contributed by atoms with E-state index in [2.05, 4.69) is 10.3 Å². The van der Waals surface area contributed by atoms with Crippen LogP contribution in [0.25, 0.3) is 0 Å². The van der Waals surface area contributed by atoms with Crippen LogP contribution in [0.5, 0.6) is 5.75 Å². The standard InChI is InChI=1S/C19H23N3O3/c1-15(16-7-3-2-4-8-16)25-17-9-5-10-20-18(17)21-19(23)22-11-6-13-24-14-12-22/h2-5,7-10,15H,6,11-14H2,1H3,(H,20,21,23)/t15-/m0/s1. The van der Waals surface area contributed by atoms with Crippen LogP contribution in [-0.4, -0.2) is 42.2 Å². The van der Waals surface area contributed by atoms with Crippen LogP contribution in [0.15, 0.2) is 48.7 Å². The third-order valence-electron chi connectivity index (χ3n) is 4.08.